The van der Waals surface area contributed by atoms with Crippen molar-refractivity contribution in [3.05, 3.63) is 382 Å². The molecular weight excluding hydrogens is 1440 g/mol. The lowest BCUT2D eigenvalue weighted by Gasteiger charge is -2.09. The molecule has 0 aliphatic carbocycles. The molecule has 0 N–H and O–H groups in total. The Morgan fingerprint density at radius 3 is 0.940 bits per heavy atom. The molecule has 9 aromatic heterocycles. The van der Waals surface area contributed by atoms with E-state index in [9.17, 15) is 0 Å². The Morgan fingerprint density at radius 2 is 0.479 bits per heavy atom. The van der Waals surface area contributed by atoms with Gasteiger partial charge in [-0.2, -0.15) is 0 Å². The Kier molecular flexibility index (Phi) is 14.0. The summed E-state index contributed by atoms with van der Waals surface area (Å²) in [4.78, 5) is 0. The largest absolute Gasteiger partial charge is 0.456 e. The van der Waals surface area contributed by atoms with E-state index in [-0.39, 0.29) is 0 Å². The molecule has 0 unspecified atom stereocenters. The highest BCUT2D eigenvalue weighted by atomic mass is 16.4. The molecule has 18 aromatic carbocycles. The summed E-state index contributed by atoms with van der Waals surface area (Å²) < 4.78 is 45.7. The van der Waals surface area contributed by atoms with Gasteiger partial charge in [-0.25, -0.2) is 0 Å². The van der Waals surface area contributed by atoms with Gasteiger partial charge in [-0.05, 0) is 223 Å². The summed E-state index contributed by atoms with van der Waals surface area (Å²) >= 11 is 0. The van der Waals surface area contributed by atoms with Gasteiger partial charge in [0.25, 0.3) is 0 Å². The van der Waals surface area contributed by atoms with Crippen molar-refractivity contribution >= 4 is 197 Å². The fourth-order valence-corrected chi connectivity index (χ4v) is 18.7. The maximum Gasteiger partial charge on any atom is 0.161 e. The first-order valence-corrected chi connectivity index (χ1v) is 39.6. The molecule has 0 fully saturated rings. The van der Waals surface area contributed by atoms with Crippen LogP contribution in [0.3, 0.4) is 0 Å². The van der Waals surface area contributed by atoms with Gasteiger partial charge in [0.2, 0.25) is 0 Å². The third-order valence-corrected chi connectivity index (χ3v) is 24.0. The predicted octanol–water partition coefficient (Wildman–Crippen LogP) is 30.7. The first kappa shape index (κ1) is 64.8. The number of benzene rings is 18. The van der Waals surface area contributed by atoms with Crippen molar-refractivity contribution in [2.24, 2.45) is 0 Å². The van der Waals surface area contributed by atoms with E-state index < -0.39 is 0 Å². The van der Waals surface area contributed by atoms with Gasteiger partial charge in [0.05, 0.1) is 21.9 Å². The summed E-state index contributed by atoms with van der Waals surface area (Å²) in [5.41, 5.74) is 27.5. The molecule has 9 nitrogen and oxygen atoms in total. The Labute approximate surface area is 665 Å². The van der Waals surface area contributed by atoms with Crippen molar-refractivity contribution in [2.75, 3.05) is 0 Å². The highest BCUT2D eigenvalue weighted by molar-refractivity contribution is 6.25. The van der Waals surface area contributed by atoms with E-state index in [0.29, 0.717) is 0 Å². The zero-order valence-corrected chi connectivity index (χ0v) is 62.7. The number of fused-ring (bicyclic) bond motifs is 30. The van der Waals surface area contributed by atoms with Crippen LogP contribution in [0.2, 0.25) is 0 Å². The van der Waals surface area contributed by atoms with E-state index in [1.54, 1.807) is 0 Å². The lowest BCUT2D eigenvalue weighted by molar-refractivity contribution is 0.669. The Bertz CT molecular complexity index is 8770. The van der Waals surface area contributed by atoms with Crippen molar-refractivity contribution in [3.8, 4) is 50.4 Å². The third kappa shape index (κ3) is 9.90. The SMILES string of the molecule is c1ccc(-n2c3ccccc3c3oc4cc(-c5ccc6c(c5)oc5ccc7ccccc7c56)ccc4c32)cc1.c1ccc(-n2c3ccccc3c3oc4ccc(-c5ccc6c(c5)oc5ccc7ccccc7c56)cc4c32)cc1.c1ccc(-n2c3ccccc3c3oc4cccc(-c5ccc6c(c5)oc5ccc7ccccc7c56)c4c32)cc1. The summed E-state index contributed by atoms with van der Waals surface area (Å²) in [6.07, 6.45) is 0. The lowest BCUT2D eigenvalue weighted by atomic mass is 9.98. The summed E-state index contributed by atoms with van der Waals surface area (Å²) in [7, 11) is 0. The first-order valence-electron chi connectivity index (χ1n) is 39.6. The molecular formula is C108H63N3O6. The number of furan rings is 6. The number of aromatic nitrogens is 3. The van der Waals surface area contributed by atoms with Gasteiger partial charge in [-0.1, -0.05) is 224 Å². The molecule has 0 bridgehead atoms. The molecule has 27 aromatic rings. The Morgan fingerprint density at radius 1 is 0.162 bits per heavy atom. The van der Waals surface area contributed by atoms with Crippen LogP contribution in [0, 0.1) is 0 Å². The van der Waals surface area contributed by atoms with Gasteiger partial charge in [-0.15, -0.1) is 0 Å². The third-order valence-electron chi connectivity index (χ3n) is 24.0. The molecule has 0 radical (unpaired) electrons. The summed E-state index contributed by atoms with van der Waals surface area (Å²) in [5.74, 6) is 0. The van der Waals surface area contributed by atoms with E-state index in [1.165, 1.54) is 48.5 Å². The fraction of sp³-hybridized carbons (Fsp3) is 0. The van der Waals surface area contributed by atoms with Gasteiger partial charge in [0.1, 0.15) is 66.8 Å². The summed E-state index contributed by atoms with van der Waals surface area (Å²) in [6.45, 7) is 0. The van der Waals surface area contributed by atoms with Gasteiger partial charge in [0, 0.05) is 76.3 Å². The standard InChI is InChI=1S/3C36H21NO2/c1-2-10-24(11-3-1)37-29-15-7-6-13-27(29)36-35(37)34-26(14-8-16-30(34)39-36)23-17-19-28-32(21-23)38-31-20-18-22-9-4-5-12-25(22)33(28)31;1-2-9-25(10-3-1)37-30-13-7-6-12-27(30)36-35(37)29-20-23(16-18-31(29)39-36)24-14-17-28-33(21-24)38-32-19-15-22-8-4-5-11-26(22)34(28)32;1-2-9-25(10-3-1)37-30-13-7-6-12-27(30)36-35(37)29-18-15-24(21-33(29)39-36)23-14-17-28-32(20-23)38-31-19-16-22-8-4-5-11-26(22)34(28)31/h3*1-21H. The van der Waals surface area contributed by atoms with E-state index in [4.69, 9.17) is 26.5 Å². The van der Waals surface area contributed by atoms with E-state index in [2.05, 4.69) is 390 Å². The van der Waals surface area contributed by atoms with Crippen molar-refractivity contribution in [2.45, 2.75) is 0 Å². The average Bonchev–Trinajstić information content (AvgIpc) is 1.57. The highest BCUT2D eigenvalue weighted by Gasteiger charge is 2.26. The molecule has 117 heavy (non-hydrogen) atoms. The minimum Gasteiger partial charge on any atom is -0.456 e. The van der Waals surface area contributed by atoms with Crippen LogP contribution in [0.5, 0.6) is 0 Å². The monoisotopic (exact) mass is 1500 g/mol. The maximum absolute atomic E-state index is 6.57. The van der Waals surface area contributed by atoms with Crippen LogP contribution in [0.15, 0.2) is 409 Å². The molecule has 0 spiro atoms. The molecule has 0 amide bonds. The molecule has 0 aliphatic rings. The maximum atomic E-state index is 6.57. The van der Waals surface area contributed by atoms with Crippen molar-refractivity contribution in [3.63, 3.8) is 0 Å². The van der Waals surface area contributed by atoms with Crippen LogP contribution in [0.1, 0.15) is 0 Å². The van der Waals surface area contributed by atoms with Crippen LogP contribution in [-0.4, -0.2) is 13.7 Å². The van der Waals surface area contributed by atoms with Gasteiger partial charge >= 0.3 is 0 Å². The van der Waals surface area contributed by atoms with E-state index >= 15 is 0 Å². The molecule has 546 valence electrons. The van der Waals surface area contributed by atoms with Crippen LogP contribution in [-0.2, 0) is 0 Å². The minimum absolute atomic E-state index is 0.878. The fourth-order valence-electron chi connectivity index (χ4n) is 18.7. The van der Waals surface area contributed by atoms with Crippen molar-refractivity contribution < 1.29 is 26.5 Å². The predicted molar refractivity (Wildman–Crippen MR) is 482 cm³/mol. The van der Waals surface area contributed by atoms with Gasteiger partial charge in [-0.3, -0.25) is 0 Å². The number of hydrogen-bond donors (Lipinski definition) is 0. The van der Waals surface area contributed by atoms with Gasteiger partial charge in [0.15, 0.2) is 16.7 Å². The normalized spacial score (nSPS) is 12.1. The molecule has 9 heterocycles. The highest BCUT2D eigenvalue weighted by Crippen LogP contribution is 2.48. The van der Waals surface area contributed by atoms with Crippen molar-refractivity contribution in [1.29, 1.82) is 0 Å². The number of hydrogen-bond acceptors (Lipinski definition) is 6. The summed E-state index contributed by atoms with van der Waals surface area (Å²) in [5, 5.41) is 20.9. The first-order chi connectivity index (χ1) is 58.0. The number of nitrogens with zero attached hydrogens (tertiary/aromatic N) is 3. The van der Waals surface area contributed by atoms with E-state index in [0.717, 1.165) is 199 Å². The Hall–Kier alpha value is -15.8. The molecule has 0 saturated carbocycles. The van der Waals surface area contributed by atoms with Crippen LogP contribution in [0.4, 0.5) is 0 Å². The zero-order valence-electron chi connectivity index (χ0n) is 62.7. The number of rotatable bonds is 6. The smallest absolute Gasteiger partial charge is 0.161 e. The lowest BCUT2D eigenvalue weighted by Crippen LogP contribution is -1.93. The average molecular weight is 1500 g/mol. The molecule has 0 saturated heterocycles. The molecule has 0 atom stereocenters. The second-order valence-electron chi connectivity index (χ2n) is 30.4. The van der Waals surface area contributed by atoms with Gasteiger partial charge < -0.3 is 40.2 Å². The molecule has 0 aliphatic heterocycles. The second kappa shape index (κ2) is 25.3. The van der Waals surface area contributed by atoms with E-state index in [1.807, 2.05) is 6.07 Å². The summed E-state index contributed by atoms with van der Waals surface area (Å²) in [6, 6.07) is 134. The van der Waals surface area contributed by atoms with Crippen LogP contribution in [0.25, 0.3) is 247 Å². The topological polar surface area (TPSA) is 93.6 Å². The second-order valence-corrected chi connectivity index (χ2v) is 30.4. The molecule has 27 rings (SSSR count). The molecule has 9 heteroatoms. The quantitative estimate of drug-likeness (QED) is 0.165. The zero-order chi connectivity index (χ0) is 76.5. The Balaban J connectivity index is 0.0000000980. The minimum atomic E-state index is 0.878. The number of para-hydroxylation sites is 6. The van der Waals surface area contributed by atoms with Crippen LogP contribution >= 0.6 is 0 Å². The van der Waals surface area contributed by atoms with Crippen molar-refractivity contribution in [1.82, 2.24) is 13.7 Å². The van der Waals surface area contributed by atoms with Crippen LogP contribution < -0.4 is 0 Å².